The van der Waals surface area contributed by atoms with Crippen molar-refractivity contribution in [2.45, 2.75) is 11.8 Å². The molecule has 0 aliphatic rings. The highest BCUT2D eigenvalue weighted by Gasteiger charge is 2.09. The number of benzene rings is 1. The van der Waals surface area contributed by atoms with Crippen molar-refractivity contribution in [2.24, 2.45) is 5.14 Å². The Morgan fingerprint density at radius 2 is 2.12 bits per heavy atom. The number of nitro benzene ring substituents is 1. The molecule has 0 amide bonds. The molecule has 0 saturated heterocycles. The summed E-state index contributed by atoms with van der Waals surface area (Å²) >= 11 is 1.31. The fourth-order valence-corrected chi connectivity index (χ4v) is 3.11. The predicted molar refractivity (Wildman–Crippen MR) is 66.5 cm³/mol. The summed E-state index contributed by atoms with van der Waals surface area (Å²) in [6.07, 6.45) is 0. The van der Waals surface area contributed by atoms with Gasteiger partial charge in [0.25, 0.3) is 5.69 Å². The lowest BCUT2D eigenvalue weighted by molar-refractivity contribution is -0.385. The largest absolute Gasteiger partial charge is 0.269 e. The summed E-state index contributed by atoms with van der Waals surface area (Å²) in [4.78, 5) is 10.9. The Morgan fingerprint density at radius 1 is 1.47 bits per heavy atom. The zero-order valence-electron chi connectivity index (χ0n) is 9.12. The number of sulfonamides is 1. The van der Waals surface area contributed by atoms with Crippen LogP contribution in [0.25, 0.3) is 0 Å². The quantitative estimate of drug-likeness (QED) is 0.495. The van der Waals surface area contributed by atoms with Crippen LogP contribution in [0.1, 0.15) is 5.56 Å². The number of rotatable bonds is 5. The maximum atomic E-state index is 10.7. The first-order chi connectivity index (χ1) is 7.79. The van der Waals surface area contributed by atoms with Crippen LogP contribution in [0.2, 0.25) is 0 Å². The van der Waals surface area contributed by atoms with E-state index >= 15 is 0 Å². The molecule has 0 spiro atoms. The van der Waals surface area contributed by atoms with Gasteiger partial charge in [0.15, 0.2) is 0 Å². The summed E-state index contributed by atoms with van der Waals surface area (Å²) in [6, 6.07) is 4.47. The van der Waals surface area contributed by atoms with Crippen LogP contribution >= 0.6 is 11.8 Å². The average molecular weight is 276 g/mol. The van der Waals surface area contributed by atoms with Crippen LogP contribution in [-0.2, 0) is 10.0 Å². The van der Waals surface area contributed by atoms with Crippen molar-refractivity contribution in [3.8, 4) is 0 Å². The minimum absolute atomic E-state index is 0.0262. The van der Waals surface area contributed by atoms with Gasteiger partial charge < -0.3 is 0 Å². The molecular formula is C9H12N2O4S2. The summed E-state index contributed by atoms with van der Waals surface area (Å²) in [6.45, 7) is 1.74. The number of thioether (sulfide) groups is 1. The second-order valence-corrected chi connectivity index (χ2v) is 6.29. The Balaban J connectivity index is 2.70. The highest BCUT2D eigenvalue weighted by Crippen LogP contribution is 2.25. The SMILES string of the molecule is Cc1cc([N+](=O)[O-])ccc1SCCS(N)(=O)=O. The maximum absolute atomic E-state index is 10.7. The zero-order valence-corrected chi connectivity index (χ0v) is 10.8. The molecule has 1 aromatic rings. The van der Waals surface area contributed by atoms with Gasteiger partial charge in [-0.3, -0.25) is 10.1 Å². The first-order valence-electron chi connectivity index (χ1n) is 4.68. The lowest BCUT2D eigenvalue weighted by Crippen LogP contribution is -2.17. The van der Waals surface area contributed by atoms with Crippen molar-refractivity contribution >= 4 is 27.5 Å². The van der Waals surface area contributed by atoms with Crippen LogP contribution in [0.3, 0.4) is 0 Å². The maximum Gasteiger partial charge on any atom is 0.269 e. The van der Waals surface area contributed by atoms with Crippen molar-refractivity contribution in [1.82, 2.24) is 0 Å². The number of aryl methyl sites for hydroxylation is 1. The van der Waals surface area contributed by atoms with Crippen LogP contribution < -0.4 is 5.14 Å². The van der Waals surface area contributed by atoms with E-state index in [1.165, 1.54) is 23.9 Å². The monoisotopic (exact) mass is 276 g/mol. The molecule has 0 aromatic heterocycles. The molecular weight excluding hydrogens is 264 g/mol. The second-order valence-electron chi connectivity index (χ2n) is 3.42. The van der Waals surface area contributed by atoms with Crippen molar-refractivity contribution in [1.29, 1.82) is 0 Å². The number of non-ortho nitro benzene ring substituents is 1. The summed E-state index contributed by atoms with van der Waals surface area (Å²) in [7, 11) is -3.46. The van der Waals surface area contributed by atoms with Crippen LogP contribution in [0.4, 0.5) is 5.69 Å². The standard InChI is InChI=1S/C9H12N2O4S2/c1-7-6-8(11(12)13)2-3-9(7)16-4-5-17(10,14)15/h2-3,6H,4-5H2,1H3,(H2,10,14,15). The first kappa shape index (κ1) is 13.9. The number of nitro groups is 1. The molecule has 1 rings (SSSR count). The third-order valence-electron chi connectivity index (χ3n) is 1.99. The fourth-order valence-electron chi connectivity index (χ4n) is 1.18. The number of nitrogens with zero attached hydrogens (tertiary/aromatic N) is 1. The average Bonchev–Trinajstić information content (AvgIpc) is 2.18. The molecule has 0 aliphatic carbocycles. The van der Waals surface area contributed by atoms with E-state index in [4.69, 9.17) is 5.14 Å². The molecule has 2 N–H and O–H groups in total. The zero-order chi connectivity index (χ0) is 13.1. The Labute approximate surface area is 103 Å². The van der Waals surface area contributed by atoms with Crippen LogP contribution in [0.5, 0.6) is 0 Å². The molecule has 6 nitrogen and oxygen atoms in total. The van der Waals surface area contributed by atoms with Gasteiger partial charge in [-0.1, -0.05) is 0 Å². The fraction of sp³-hybridized carbons (Fsp3) is 0.333. The number of nitrogens with two attached hydrogens (primary N) is 1. The first-order valence-corrected chi connectivity index (χ1v) is 7.38. The Hall–Kier alpha value is -1.12. The summed E-state index contributed by atoms with van der Waals surface area (Å²) in [5.41, 5.74) is 0.775. The molecule has 0 fully saturated rings. The molecule has 0 radical (unpaired) electrons. The van der Waals surface area contributed by atoms with Crippen molar-refractivity contribution in [3.63, 3.8) is 0 Å². The minimum Gasteiger partial charge on any atom is -0.258 e. The van der Waals surface area contributed by atoms with Gasteiger partial charge in [0.2, 0.25) is 10.0 Å². The molecule has 0 heterocycles. The van der Waals surface area contributed by atoms with Crippen molar-refractivity contribution < 1.29 is 13.3 Å². The molecule has 0 saturated carbocycles. The topological polar surface area (TPSA) is 103 Å². The highest BCUT2D eigenvalue weighted by molar-refractivity contribution is 8.00. The van der Waals surface area contributed by atoms with E-state index in [0.29, 0.717) is 5.75 Å². The predicted octanol–water partition coefficient (Wildman–Crippen LogP) is 1.28. The van der Waals surface area contributed by atoms with Crippen molar-refractivity contribution in [2.75, 3.05) is 11.5 Å². The van der Waals surface area contributed by atoms with E-state index in [1.807, 2.05) is 0 Å². The molecule has 8 heteroatoms. The third kappa shape index (κ3) is 4.72. The van der Waals surface area contributed by atoms with E-state index in [0.717, 1.165) is 10.5 Å². The Bertz CT molecular complexity index is 528. The van der Waals surface area contributed by atoms with Gasteiger partial charge >= 0.3 is 0 Å². The van der Waals surface area contributed by atoms with E-state index in [2.05, 4.69) is 0 Å². The number of hydrogen-bond donors (Lipinski definition) is 1. The molecule has 0 aliphatic heterocycles. The van der Waals surface area contributed by atoms with E-state index in [1.54, 1.807) is 13.0 Å². The van der Waals surface area contributed by atoms with Gasteiger partial charge in [-0.05, 0) is 18.6 Å². The van der Waals surface area contributed by atoms with E-state index < -0.39 is 14.9 Å². The smallest absolute Gasteiger partial charge is 0.258 e. The number of primary sulfonamides is 1. The third-order valence-corrected chi connectivity index (χ3v) is 4.20. The molecule has 17 heavy (non-hydrogen) atoms. The van der Waals surface area contributed by atoms with E-state index in [-0.39, 0.29) is 11.4 Å². The van der Waals surface area contributed by atoms with Gasteiger partial charge in [0.05, 0.1) is 10.7 Å². The molecule has 0 unspecified atom stereocenters. The summed E-state index contributed by atoms with van der Waals surface area (Å²) in [5.74, 6) is 0.214. The molecule has 0 atom stereocenters. The Morgan fingerprint density at radius 3 is 2.59 bits per heavy atom. The molecule has 0 bridgehead atoms. The lowest BCUT2D eigenvalue weighted by Gasteiger charge is -2.04. The molecule has 94 valence electrons. The minimum atomic E-state index is -3.46. The van der Waals surface area contributed by atoms with Gasteiger partial charge in [-0.2, -0.15) is 0 Å². The van der Waals surface area contributed by atoms with E-state index in [9.17, 15) is 18.5 Å². The van der Waals surface area contributed by atoms with Crippen LogP contribution in [0.15, 0.2) is 23.1 Å². The number of hydrogen-bond acceptors (Lipinski definition) is 5. The highest BCUT2D eigenvalue weighted by atomic mass is 32.2. The second kappa shape index (κ2) is 5.48. The normalized spacial score (nSPS) is 11.4. The van der Waals surface area contributed by atoms with Crippen LogP contribution in [-0.4, -0.2) is 24.8 Å². The van der Waals surface area contributed by atoms with Gasteiger partial charge in [-0.15, -0.1) is 11.8 Å². The van der Waals surface area contributed by atoms with Gasteiger partial charge in [0.1, 0.15) is 0 Å². The van der Waals surface area contributed by atoms with Gasteiger partial charge in [-0.25, -0.2) is 13.6 Å². The van der Waals surface area contributed by atoms with Gasteiger partial charge in [0, 0.05) is 22.8 Å². The summed E-state index contributed by atoms with van der Waals surface area (Å²) < 4.78 is 21.4. The van der Waals surface area contributed by atoms with Crippen molar-refractivity contribution in [3.05, 3.63) is 33.9 Å². The Kier molecular flexibility index (Phi) is 4.49. The lowest BCUT2D eigenvalue weighted by atomic mass is 10.2. The van der Waals surface area contributed by atoms with Crippen LogP contribution in [0, 0.1) is 17.0 Å². The molecule has 1 aromatic carbocycles. The summed E-state index contributed by atoms with van der Waals surface area (Å²) in [5, 5.41) is 15.4.